The summed E-state index contributed by atoms with van der Waals surface area (Å²) in [6.07, 6.45) is 6.72. The number of hydrogen-bond acceptors (Lipinski definition) is 5. The zero-order valence-electron chi connectivity index (χ0n) is 11.2. The molecule has 0 bridgehead atoms. The van der Waals surface area contributed by atoms with Crippen molar-refractivity contribution in [2.75, 3.05) is 12.3 Å². The van der Waals surface area contributed by atoms with Crippen molar-refractivity contribution in [3.8, 4) is 0 Å². The highest BCUT2D eigenvalue weighted by molar-refractivity contribution is 8.00. The highest BCUT2D eigenvalue weighted by atomic mass is 32.2. The number of aromatic nitrogens is 1. The molecule has 2 saturated heterocycles. The number of rotatable bonds is 3. The van der Waals surface area contributed by atoms with E-state index in [9.17, 15) is 14.7 Å². The van der Waals surface area contributed by atoms with Gasteiger partial charge in [-0.3, -0.25) is 14.6 Å². The first-order valence-electron chi connectivity index (χ1n) is 6.54. The van der Waals surface area contributed by atoms with E-state index in [1.165, 1.54) is 11.8 Å². The van der Waals surface area contributed by atoms with Crippen LogP contribution in [0.25, 0.3) is 6.08 Å². The molecule has 0 saturated carbocycles. The Labute approximate surface area is 126 Å². The Hall–Kier alpha value is -1.86. The van der Waals surface area contributed by atoms with Crippen LogP contribution in [0.3, 0.4) is 0 Å². The lowest BCUT2D eigenvalue weighted by Gasteiger charge is -2.52. The van der Waals surface area contributed by atoms with E-state index in [0.717, 1.165) is 5.56 Å². The monoisotopic (exact) mass is 305 g/mol. The van der Waals surface area contributed by atoms with Gasteiger partial charge < -0.3 is 15.7 Å². The average molecular weight is 305 g/mol. The number of amides is 1. The van der Waals surface area contributed by atoms with Gasteiger partial charge in [0.2, 0.25) is 5.91 Å². The van der Waals surface area contributed by atoms with Crippen LogP contribution in [-0.2, 0) is 9.59 Å². The molecule has 3 atom stereocenters. The van der Waals surface area contributed by atoms with Gasteiger partial charge in [-0.2, -0.15) is 0 Å². The Balaban J connectivity index is 1.83. The Bertz CT molecular complexity index is 607. The first kappa shape index (κ1) is 14.1. The topological polar surface area (TPSA) is 96.5 Å². The average Bonchev–Trinajstić information content (AvgIpc) is 2.52. The molecule has 2 aliphatic heterocycles. The van der Waals surface area contributed by atoms with Gasteiger partial charge >= 0.3 is 5.97 Å². The van der Waals surface area contributed by atoms with Crippen molar-refractivity contribution < 1.29 is 14.7 Å². The molecule has 3 heterocycles. The molecule has 0 aromatic carbocycles. The molecule has 1 amide bonds. The number of carbonyl (C=O) groups is 2. The summed E-state index contributed by atoms with van der Waals surface area (Å²) in [7, 11) is 0. The van der Waals surface area contributed by atoms with Gasteiger partial charge in [-0.05, 0) is 11.6 Å². The van der Waals surface area contributed by atoms with Gasteiger partial charge in [0.25, 0.3) is 0 Å². The number of aliphatic carboxylic acids is 1. The number of pyridine rings is 1. The summed E-state index contributed by atoms with van der Waals surface area (Å²) >= 11 is 1.43. The molecule has 0 aliphatic carbocycles. The molecule has 110 valence electrons. The maximum Gasteiger partial charge on any atom is 0.316 e. The van der Waals surface area contributed by atoms with Gasteiger partial charge in [0.05, 0.1) is 0 Å². The predicted molar refractivity (Wildman–Crippen MR) is 79.3 cm³/mol. The molecular weight excluding hydrogens is 290 g/mol. The van der Waals surface area contributed by atoms with Crippen LogP contribution < -0.4 is 5.73 Å². The molecule has 0 radical (unpaired) electrons. The largest absolute Gasteiger partial charge is 0.481 e. The molecule has 7 heteroatoms. The Morgan fingerprint density at radius 2 is 2.43 bits per heavy atom. The SMILES string of the molecule is NC1C(=O)N2CC(C=Cc3cccnc3)(C(=O)O)CS[C@H]12. The van der Waals surface area contributed by atoms with E-state index in [1.807, 2.05) is 6.07 Å². The molecular formula is C14H15N3O3S. The summed E-state index contributed by atoms with van der Waals surface area (Å²) in [4.78, 5) is 29.0. The minimum atomic E-state index is -1.08. The molecule has 2 unspecified atom stereocenters. The molecule has 6 nitrogen and oxygen atoms in total. The van der Waals surface area contributed by atoms with Crippen molar-refractivity contribution in [3.63, 3.8) is 0 Å². The smallest absolute Gasteiger partial charge is 0.316 e. The van der Waals surface area contributed by atoms with Gasteiger partial charge in [-0.1, -0.05) is 18.2 Å². The fraction of sp³-hybridized carbons (Fsp3) is 0.357. The zero-order chi connectivity index (χ0) is 15.0. The van der Waals surface area contributed by atoms with Crippen molar-refractivity contribution in [3.05, 3.63) is 36.2 Å². The van der Waals surface area contributed by atoms with Gasteiger partial charge in [-0.25, -0.2) is 0 Å². The van der Waals surface area contributed by atoms with Crippen molar-refractivity contribution in [2.45, 2.75) is 11.4 Å². The minimum absolute atomic E-state index is 0.0863. The predicted octanol–water partition coefficient (Wildman–Crippen LogP) is 0.408. The highest BCUT2D eigenvalue weighted by Crippen LogP contribution is 2.42. The highest BCUT2D eigenvalue weighted by Gasteiger charge is 2.54. The molecule has 3 N–H and O–H groups in total. The van der Waals surface area contributed by atoms with Crippen LogP contribution in [0.1, 0.15) is 5.56 Å². The summed E-state index contributed by atoms with van der Waals surface area (Å²) in [6.45, 7) is 0.170. The number of β-lactam (4-membered cyclic amide) rings is 1. The minimum Gasteiger partial charge on any atom is -0.481 e. The van der Waals surface area contributed by atoms with E-state index in [4.69, 9.17) is 5.73 Å². The molecule has 3 rings (SSSR count). The summed E-state index contributed by atoms with van der Waals surface area (Å²) < 4.78 is 0. The Kier molecular flexibility index (Phi) is 3.46. The Morgan fingerprint density at radius 3 is 3.10 bits per heavy atom. The number of thioether (sulfide) groups is 1. The standard InChI is InChI=1S/C14H15N3O3S/c15-10-11(18)17-7-14(13(19)20,8-21-12(10)17)4-3-9-2-1-5-16-6-9/h1-6,10,12H,7-8,15H2,(H,19,20)/t10?,12-,14?/m1/s1. The first-order valence-corrected chi connectivity index (χ1v) is 7.59. The van der Waals surface area contributed by atoms with Gasteiger partial charge in [0.15, 0.2) is 0 Å². The van der Waals surface area contributed by atoms with Crippen molar-refractivity contribution in [1.29, 1.82) is 0 Å². The number of hydrogen-bond donors (Lipinski definition) is 2. The molecule has 2 aliphatic rings. The summed E-state index contributed by atoms with van der Waals surface area (Å²) in [5.41, 5.74) is 5.47. The van der Waals surface area contributed by atoms with Gasteiger partial charge in [0, 0.05) is 24.7 Å². The zero-order valence-corrected chi connectivity index (χ0v) is 12.0. The maximum atomic E-state index is 11.7. The van der Waals surface area contributed by atoms with E-state index in [-0.39, 0.29) is 17.8 Å². The van der Waals surface area contributed by atoms with E-state index in [0.29, 0.717) is 5.75 Å². The lowest BCUT2D eigenvalue weighted by Crippen LogP contribution is -2.71. The second-order valence-electron chi connectivity index (χ2n) is 5.27. The summed E-state index contributed by atoms with van der Waals surface area (Å²) in [6, 6.07) is 3.14. The first-order chi connectivity index (χ1) is 10.0. The number of carbonyl (C=O) groups excluding carboxylic acids is 1. The van der Waals surface area contributed by atoms with Gasteiger partial charge in [-0.15, -0.1) is 11.8 Å². The van der Waals surface area contributed by atoms with E-state index in [1.54, 1.807) is 35.5 Å². The maximum absolute atomic E-state index is 11.7. The number of nitrogens with zero attached hydrogens (tertiary/aromatic N) is 2. The number of nitrogens with two attached hydrogens (primary N) is 1. The Morgan fingerprint density at radius 1 is 1.62 bits per heavy atom. The molecule has 1 aromatic heterocycles. The van der Waals surface area contributed by atoms with E-state index < -0.39 is 17.4 Å². The van der Waals surface area contributed by atoms with Crippen molar-refractivity contribution in [2.24, 2.45) is 11.1 Å². The molecule has 21 heavy (non-hydrogen) atoms. The van der Waals surface area contributed by atoms with Crippen LogP contribution in [0.4, 0.5) is 0 Å². The third kappa shape index (κ3) is 2.32. The number of fused-ring (bicyclic) bond motifs is 1. The van der Waals surface area contributed by atoms with Crippen LogP contribution in [0.2, 0.25) is 0 Å². The van der Waals surface area contributed by atoms with Crippen molar-refractivity contribution in [1.82, 2.24) is 9.88 Å². The second-order valence-corrected chi connectivity index (χ2v) is 6.38. The lowest BCUT2D eigenvalue weighted by molar-refractivity contribution is -0.153. The summed E-state index contributed by atoms with van der Waals surface area (Å²) in [5, 5.41) is 9.51. The number of carboxylic acid groups (broad SMARTS) is 1. The van der Waals surface area contributed by atoms with E-state index >= 15 is 0 Å². The third-order valence-electron chi connectivity index (χ3n) is 3.85. The lowest BCUT2D eigenvalue weighted by atomic mass is 9.86. The number of carboxylic acids is 1. The van der Waals surface area contributed by atoms with Gasteiger partial charge in [0.1, 0.15) is 16.8 Å². The van der Waals surface area contributed by atoms with Crippen LogP contribution in [0, 0.1) is 5.41 Å². The molecule has 0 spiro atoms. The van der Waals surface area contributed by atoms with Crippen LogP contribution in [0.5, 0.6) is 0 Å². The normalized spacial score (nSPS) is 31.9. The fourth-order valence-corrected chi connectivity index (χ4v) is 3.99. The quantitative estimate of drug-likeness (QED) is 0.785. The van der Waals surface area contributed by atoms with Crippen molar-refractivity contribution >= 4 is 29.7 Å². The fourth-order valence-electron chi connectivity index (χ4n) is 2.53. The summed E-state index contributed by atoms with van der Waals surface area (Å²) in [5.74, 6) is -0.698. The van der Waals surface area contributed by atoms with Crippen LogP contribution in [-0.4, -0.2) is 50.6 Å². The van der Waals surface area contributed by atoms with Crippen LogP contribution >= 0.6 is 11.8 Å². The molecule has 2 fully saturated rings. The van der Waals surface area contributed by atoms with E-state index in [2.05, 4.69) is 4.98 Å². The van der Waals surface area contributed by atoms with Crippen LogP contribution in [0.15, 0.2) is 30.6 Å². The molecule has 1 aromatic rings. The third-order valence-corrected chi connectivity index (χ3v) is 5.42. The second kappa shape index (κ2) is 5.16.